The minimum atomic E-state index is -1.06. The molecule has 7 nitrogen and oxygen atoms in total. The average Bonchev–Trinajstić information content (AvgIpc) is 3.01. The molecule has 0 aliphatic heterocycles. The Labute approximate surface area is 254 Å². The summed E-state index contributed by atoms with van der Waals surface area (Å²) in [5, 5.41) is 24.0. The lowest BCUT2D eigenvalue weighted by atomic mass is 9.90. The Bertz CT molecular complexity index is 1760. The first-order chi connectivity index (χ1) is 20.8. The van der Waals surface area contributed by atoms with Gasteiger partial charge >= 0.3 is 11.9 Å². The molecule has 1 amide bonds. The molecule has 4 aromatic rings. The van der Waals surface area contributed by atoms with E-state index in [0.717, 1.165) is 40.6 Å². The minimum Gasteiger partial charge on any atom is -0.478 e. The van der Waals surface area contributed by atoms with Gasteiger partial charge in [0.1, 0.15) is 0 Å². The second kappa shape index (κ2) is 13.5. The van der Waals surface area contributed by atoms with Gasteiger partial charge in [0, 0.05) is 21.6 Å². The van der Waals surface area contributed by atoms with Crippen molar-refractivity contribution in [2.45, 2.75) is 44.6 Å². The first-order valence-electron chi connectivity index (χ1n) is 14.2. The highest BCUT2D eigenvalue weighted by atomic mass is 35.5. The van der Waals surface area contributed by atoms with Crippen molar-refractivity contribution in [3.05, 3.63) is 123 Å². The molecule has 0 saturated carbocycles. The molecule has 43 heavy (non-hydrogen) atoms. The zero-order chi connectivity index (χ0) is 30.3. The van der Waals surface area contributed by atoms with Crippen molar-refractivity contribution in [3.8, 4) is 0 Å². The van der Waals surface area contributed by atoms with Crippen molar-refractivity contribution in [3.63, 3.8) is 0 Å². The highest BCUT2D eigenvalue weighted by Crippen LogP contribution is 2.28. The van der Waals surface area contributed by atoms with Crippen LogP contribution in [-0.2, 0) is 16.0 Å². The molecular weight excluding hydrogens is 564 g/mol. The molecule has 1 aromatic heterocycles. The number of benzene rings is 3. The summed E-state index contributed by atoms with van der Waals surface area (Å²) in [6.07, 6.45) is 6.94. The van der Waals surface area contributed by atoms with E-state index in [1.807, 2.05) is 66.7 Å². The van der Waals surface area contributed by atoms with Crippen LogP contribution in [0, 0.1) is 0 Å². The molecule has 0 saturated heterocycles. The Morgan fingerprint density at radius 2 is 1.63 bits per heavy atom. The van der Waals surface area contributed by atoms with Crippen molar-refractivity contribution in [1.29, 1.82) is 0 Å². The standard InChI is InChI=1S/C35H31ClN2O5/c36-26-16-13-24-14-18-27(37-32(24)21-26)17-12-22-6-5-8-25(20-22)31(19-15-23-7-1-2-9-28(23)34(40)41)38-33(39)29-10-3-4-11-30(29)35(42)43/h1-2,5-9,12-14,16-18,20-21,31H,3-4,10-11,15,19H2,(H,38,39)(H,40,41)(H,42,43)/b17-12+. The van der Waals surface area contributed by atoms with Crippen LogP contribution in [0.4, 0.5) is 0 Å². The van der Waals surface area contributed by atoms with Gasteiger partial charge in [-0.3, -0.25) is 4.79 Å². The zero-order valence-corrected chi connectivity index (χ0v) is 24.2. The van der Waals surface area contributed by atoms with E-state index >= 15 is 0 Å². The van der Waals surface area contributed by atoms with E-state index in [0.29, 0.717) is 41.8 Å². The molecule has 1 aliphatic carbocycles. The molecule has 1 unspecified atom stereocenters. The third-order valence-corrected chi connectivity index (χ3v) is 7.93. The first-order valence-corrected chi connectivity index (χ1v) is 14.6. The lowest BCUT2D eigenvalue weighted by Crippen LogP contribution is -2.32. The number of pyridine rings is 1. The summed E-state index contributed by atoms with van der Waals surface area (Å²) in [5.41, 5.74) is 4.64. The summed E-state index contributed by atoms with van der Waals surface area (Å²) in [7, 11) is 0. The number of hydrogen-bond acceptors (Lipinski definition) is 4. The lowest BCUT2D eigenvalue weighted by molar-refractivity contribution is -0.133. The summed E-state index contributed by atoms with van der Waals surface area (Å²) in [4.78, 5) is 41.8. The normalized spacial score (nSPS) is 14.2. The predicted molar refractivity (Wildman–Crippen MR) is 168 cm³/mol. The van der Waals surface area contributed by atoms with Crippen molar-refractivity contribution >= 4 is 52.5 Å². The molecule has 5 rings (SSSR count). The molecule has 1 aliphatic rings. The number of hydrogen-bond donors (Lipinski definition) is 3. The lowest BCUT2D eigenvalue weighted by Gasteiger charge is -2.23. The Balaban J connectivity index is 1.43. The first kappa shape index (κ1) is 29.7. The number of nitrogens with zero attached hydrogens (tertiary/aromatic N) is 1. The van der Waals surface area contributed by atoms with Crippen LogP contribution in [0.5, 0.6) is 0 Å². The maximum Gasteiger partial charge on any atom is 0.335 e. The Hall–Kier alpha value is -4.75. The number of carbonyl (C=O) groups is 3. The smallest absolute Gasteiger partial charge is 0.335 e. The quantitative estimate of drug-likeness (QED) is 0.175. The van der Waals surface area contributed by atoms with Crippen LogP contribution >= 0.6 is 11.6 Å². The fourth-order valence-electron chi connectivity index (χ4n) is 5.47. The molecule has 0 fully saturated rings. The maximum absolute atomic E-state index is 13.5. The largest absolute Gasteiger partial charge is 0.478 e. The molecule has 3 aromatic carbocycles. The highest BCUT2D eigenvalue weighted by Gasteiger charge is 2.26. The van der Waals surface area contributed by atoms with E-state index < -0.39 is 23.9 Å². The van der Waals surface area contributed by atoms with Gasteiger partial charge in [0.25, 0.3) is 0 Å². The number of carbonyl (C=O) groups excluding carboxylic acids is 1. The van der Waals surface area contributed by atoms with Crippen LogP contribution in [0.25, 0.3) is 23.1 Å². The highest BCUT2D eigenvalue weighted by molar-refractivity contribution is 6.31. The van der Waals surface area contributed by atoms with Crippen molar-refractivity contribution in [2.75, 3.05) is 0 Å². The third kappa shape index (κ3) is 7.37. The number of aryl methyl sites for hydroxylation is 1. The van der Waals surface area contributed by atoms with E-state index in [1.165, 1.54) is 0 Å². The molecule has 1 atom stereocenters. The van der Waals surface area contributed by atoms with Gasteiger partial charge in [-0.15, -0.1) is 0 Å². The molecule has 1 heterocycles. The number of fused-ring (bicyclic) bond motifs is 1. The Morgan fingerprint density at radius 3 is 2.42 bits per heavy atom. The Kier molecular flexibility index (Phi) is 9.32. The number of carboxylic acid groups (broad SMARTS) is 2. The van der Waals surface area contributed by atoms with Crippen molar-refractivity contribution in [2.24, 2.45) is 0 Å². The van der Waals surface area contributed by atoms with Crippen LogP contribution in [0.2, 0.25) is 5.02 Å². The van der Waals surface area contributed by atoms with Gasteiger partial charge in [0.15, 0.2) is 0 Å². The number of rotatable bonds is 10. The molecule has 8 heteroatoms. The van der Waals surface area contributed by atoms with Gasteiger partial charge in [0.05, 0.1) is 22.8 Å². The van der Waals surface area contributed by atoms with Gasteiger partial charge in [-0.25, -0.2) is 14.6 Å². The second-order valence-electron chi connectivity index (χ2n) is 10.6. The molecule has 218 valence electrons. The number of aromatic carboxylic acids is 1. The topological polar surface area (TPSA) is 117 Å². The maximum atomic E-state index is 13.5. The average molecular weight is 595 g/mol. The minimum absolute atomic E-state index is 0.166. The predicted octanol–water partition coefficient (Wildman–Crippen LogP) is 7.50. The van der Waals surface area contributed by atoms with E-state index in [1.54, 1.807) is 24.3 Å². The van der Waals surface area contributed by atoms with Gasteiger partial charge in [-0.1, -0.05) is 66.2 Å². The van der Waals surface area contributed by atoms with E-state index in [4.69, 9.17) is 11.6 Å². The molecule has 0 radical (unpaired) electrons. The summed E-state index contributed by atoms with van der Waals surface area (Å²) in [6, 6.07) is 23.6. The SMILES string of the molecule is O=C(O)C1=C(C(=O)NC(CCc2ccccc2C(=O)O)c2cccc(/C=C/c3ccc4ccc(Cl)cc4n3)c2)CCCC1. The van der Waals surface area contributed by atoms with Gasteiger partial charge < -0.3 is 15.5 Å². The third-order valence-electron chi connectivity index (χ3n) is 7.69. The summed E-state index contributed by atoms with van der Waals surface area (Å²) in [5.74, 6) is -2.46. The number of aliphatic carboxylic acids is 1. The summed E-state index contributed by atoms with van der Waals surface area (Å²) in [6.45, 7) is 0. The Morgan fingerprint density at radius 1 is 0.860 bits per heavy atom. The number of amides is 1. The fourth-order valence-corrected chi connectivity index (χ4v) is 5.63. The summed E-state index contributed by atoms with van der Waals surface area (Å²) >= 11 is 6.14. The van der Waals surface area contributed by atoms with Gasteiger partial charge in [0.2, 0.25) is 5.91 Å². The van der Waals surface area contributed by atoms with E-state index in [2.05, 4.69) is 10.3 Å². The summed E-state index contributed by atoms with van der Waals surface area (Å²) < 4.78 is 0. The van der Waals surface area contributed by atoms with Crippen molar-refractivity contribution < 1.29 is 24.6 Å². The van der Waals surface area contributed by atoms with Crippen molar-refractivity contribution in [1.82, 2.24) is 10.3 Å². The van der Waals surface area contributed by atoms with E-state index in [9.17, 15) is 24.6 Å². The fraction of sp³-hybridized carbons (Fsp3) is 0.200. The molecule has 0 spiro atoms. The monoisotopic (exact) mass is 594 g/mol. The van der Waals surface area contributed by atoms with E-state index in [-0.39, 0.29) is 11.1 Å². The van der Waals surface area contributed by atoms with Gasteiger partial charge in [-0.2, -0.15) is 0 Å². The molecule has 3 N–H and O–H groups in total. The number of carboxylic acids is 2. The van der Waals surface area contributed by atoms with Crippen LogP contribution in [0.3, 0.4) is 0 Å². The number of nitrogens with one attached hydrogen (secondary N) is 1. The van der Waals surface area contributed by atoms with Gasteiger partial charge in [-0.05, 0) is 91.6 Å². The van der Waals surface area contributed by atoms with Crippen LogP contribution in [0.15, 0.2) is 90.0 Å². The van der Waals surface area contributed by atoms with Crippen LogP contribution in [-0.4, -0.2) is 33.0 Å². The molecule has 0 bridgehead atoms. The zero-order valence-electron chi connectivity index (χ0n) is 23.4. The molecular formula is C35H31ClN2O5. The second-order valence-corrected chi connectivity index (χ2v) is 11.0. The number of halogens is 1. The van der Waals surface area contributed by atoms with Crippen LogP contribution in [0.1, 0.15) is 70.9 Å². The van der Waals surface area contributed by atoms with Crippen LogP contribution < -0.4 is 5.32 Å². The number of aromatic nitrogens is 1.